The predicted molar refractivity (Wildman–Crippen MR) is 149 cm³/mol. The van der Waals surface area contributed by atoms with Gasteiger partial charge in [-0.25, -0.2) is 4.98 Å². The second-order valence-corrected chi connectivity index (χ2v) is 10.0. The molecule has 0 aliphatic carbocycles. The van der Waals surface area contributed by atoms with Crippen molar-refractivity contribution < 1.29 is 14.1 Å². The van der Waals surface area contributed by atoms with Gasteiger partial charge >= 0.3 is 0 Å². The van der Waals surface area contributed by atoms with Gasteiger partial charge in [-0.3, -0.25) is 9.59 Å². The van der Waals surface area contributed by atoms with Gasteiger partial charge in [-0.1, -0.05) is 59.8 Å². The van der Waals surface area contributed by atoms with Gasteiger partial charge < -0.3 is 19.3 Å². The fourth-order valence-electron chi connectivity index (χ4n) is 5.30. The Kier molecular flexibility index (Phi) is 6.44. The summed E-state index contributed by atoms with van der Waals surface area (Å²) < 4.78 is 7.40. The average molecular weight is 520 g/mol. The molecule has 0 radical (unpaired) electrons. The Balaban J connectivity index is 1.33. The van der Waals surface area contributed by atoms with E-state index in [1.54, 1.807) is 26.1 Å². The van der Waals surface area contributed by atoms with Crippen LogP contribution in [0, 0.1) is 12.8 Å². The molecule has 1 aliphatic heterocycles. The predicted octanol–water partition coefficient (Wildman–Crippen LogP) is 5.19. The van der Waals surface area contributed by atoms with Crippen molar-refractivity contribution in [1.82, 2.24) is 24.9 Å². The SMILES string of the molecule is CNC(=O)c1ccc2nc(-c3ccc(-c4ccccc4)cc3)n(CC3CCN(C(=O)c4cc(C)no4)C3)c2c1. The van der Waals surface area contributed by atoms with E-state index in [1.165, 1.54) is 0 Å². The molecule has 2 amide bonds. The van der Waals surface area contributed by atoms with Crippen LogP contribution in [0.25, 0.3) is 33.5 Å². The number of carbonyl (C=O) groups excluding carboxylic acids is 2. The lowest BCUT2D eigenvalue weighted by Crippen LogP contribution is -2.29. The van der Waals surface area contributed by atoms with Crippen molar-refractivity contribution in [2.75, 3.05) is 20.1 Å². The van der Waals surface area contributed by atoms with Gasteiger partial charge in [0.25, 0.3) is 11.8 Å². The van der Waals surface area contributed by atoms with Gasteiger partial charge in [0.15, 0.2) is 0 Å². The summed E-state index contributed by atoms with van der Waals surface area (Å²) >= 11 is 0. The summed E-state index contributed by atoms with van der Waals surface area (Å²) in [5.74, 6) is 1.07. The largest absolute Gasteiger partial charge is 0.355 e. The summed E-state index contributed by atoms with van der Waals surface area (Å²) in [4.78, 5) is 32.2. The zero-order valence-electron chi connectivity index (χ0n) is 21.9. The van der Waals surface area contributed by atoms with Crippen molar-refractivity contribution >= 4 is 22.8 Å². The van der Waals surface area contributed by atoms with Crippen LogP contribution in [-0.4, -0.2) is 51.6 Å². The van der Waals surface area contributed by atoms with E-state index in [-0.39, 0.29) is 23.5 Å². The summed E-state index contributed by atoms with van der Waals surface area (Å²) in [7, 11) is 1.63. The van der Waals surface area contributed by atoms with Gasteiger partial charge in [0.2, 0.25) is 5.76 Å². The van der Waals surface area contributed by atoms with Gasteiger partial charge in [-0.05, 0) is 48.6 Å². The monoisotopic (exact) mass is 519 g/mol. The third-order valence-corrected chi connectivity index (χ3v) is 7.34. The first-order valence-electron chi connectivity index (χ1n) is 13.1. The second kappa shape index (κ2) is 10.2. The lowest BCUT2D eigenvalue weighted by Gasteiger charge is -2.17. The third kappa shape index (κ3) is 4.81. The minimum atomic E-state index is -0.140. The van der Waals surface area contributed by atoms with E-state index < -0.39 is 0 Å². The molecule has 8 heteroatoms. The first-order valence-corrected chi connectivity index (χ1v) is 13.1. The van der Waals surface area contributed by atoms with Gasteiger partial charge in [0.1, 0.15) is 5.82 Å². The highest BCUT2D eigenvalue weighted by molar-refractivity contribution is 5.97. The summed E-state index contributed by atoms with van der Waals surface area (Å²) in [5, 5.41) is 6.56. The standard InChI is InChI=1S/C31H29N5O3/c1-20-16-28(39-34-20)31(38)35-15-14-21(18-35)19-36-27-17-25(30(37)32-2)12-13-26(27)33-29(36)24-10-8-23(9-11-24)22-6-4-3-5-7-22/h3-13,16-17,21H,14-15,18-19H2,1-2H3,(H,32,37). The number of hydrogen-bond acceptors (Lipinski definition) is 5. The van der Waals surface area contributed by atoms with Crippen LogP contribution in [0.5, 0.6) is 0 Å². The van der Waals surface area contributed by atoms with Crippen molar-refractivity contribution in [3.8, 4) is 22.5 Å². The highest BCUT2D eigenvalue weighted by Gasteiger charge is 2.30. The Bertz CT molecular complexity index is 1650. The number of imidazole rings is 1. The minimum absolute atomic E-state index is 0.132. The number of amides is 2. The Labute approximate surface area is 226 Å². The molecule has 5 aromatic rings. The smallest absolute Gasteiger partial charge is 0.292 e. The average Bonchev–Trinajstić information content (AvgIpc) is 3.72. The van der Waals surface area contributed by atoms with Crippen LogP contribution in [0.15, 0.2) is 83.4 Å². The Hall–Kier alpha value is -4.72. The number of aryl methyl sites for hydroxylation is 1. The fourth-order valence-corrected chi connectivity index (χ4v) is 5.30. The molecule has 3 heterocycles. The molecule has 1 saturated heterocycles. The van der Waals surface area contributed by atoms with Crippen molar-refractivity contribution in [3.63, 3.8) is 0 Å². The molecule has 1 fully saturated rings. The maximum atomic E-state index is 12.9. The van der Waals surface area contributed by atoms with E-state index in [0.717, 1.165) is 40.0 Å². The molecule has 6 rings (SSSR count). The number of carbonyl (C=O) groups is 2. The van der Waals surface area contributed by atoms with E-state index in [4.69, 9.17) is 9.51 Å². The van der Waals surface area contributed by atoms with Gasteiger partial charge in [0.05, 0.1) is 16.7 Å². The second-order valence-electron chi connectivity index (χ2n) is 10.0. The fraction of sp³-hybridized carbons (Fsp3) is 0.226. The van der Waals surface area contributed by atoms with Crippen LogP contribution in [0.4, 0.5) is 0 Å². The zero-order valence-corrected chi connectivity index (χ0v) is 21.9. The maximum Gasteiger partial charge on any atom is 0.292 e. The van der Waals surface area contributed by atoms with Crippen LogP contribution in [0.1, 0.15) is 33.0 Å². The first-order chi connectivity index (χ1) is 19.0. The third-order valence-electron chi connectivity index (χ3n) is 7.34. The normalized spacial score (nSPS) is 15.1. The van der Waals surface area contributed by atoms with Crippen LogP contribution in [0.3, 0.4) is 0 Å². The molecular formula is C31H29N5O3. The molecule has 1 aliphatic rings. The van der Waals surface area contributed by atoms with E-state index in [9.17, 15) is 9.59 Å². The molecule has 0 saturated carbocycles. The first kappa shape index (κ1) is 24.6. The lowest BCUT2D eigenvalue weighted by atomic mass is 10.0. The zero-order chi connectivity index (χ0) is 26.9. The molecule has 3 aromatic carbocycles. The van der Waals surface area contributed by atoms with Crippen LogP contribution in [0.2, 0.25) is 0 Å². The van der Waals surface area contributed by atoms with Crippen molar-refractivity contribution in [2.24, 2.45) is 5.92 Å². The van der Waals surface area contributed by atoms with Crippen LogP contribution >= 0.6 is 0 Å². The van der Waals surface area contributed by atoms with Crippen molar-refractivity contribution in [1.29, 1.82) is 0 Å². The number of aromatic nitrogens is 3. The van der Waals surface area contributed by atoms with Crippen LogP contribution in [-0.2, 0) is 6.54 Å². The summed E-state index contributed by atoms with van der Waals surface area (Å²) in [6.45, 7) is 3.74. The highest BCUT2D eigenvalue weighted by Crippen LogP contribution is 2.31. The van der Waals surface area contributed by atoms with Crippen LogP contribution < -0.4 is 5.32 Å². The number of fused-ring (bicyclic) bond motifs is 1. The van der Waals surface area contributed by atoms with Crippen molar-refractivity contribution in [2.45, 2.75) is 19.9 Å². The van der Waals surface area contributed by atoms with Crippen molar-refractivity contribution in [3.05, 3.63) is 95.9 Å². The Morgan fingerprint density at radius 3 is 2.44 bits per heavy atom. The molecule has 8 nitrogen and oxygen atoms in total. The van der Waals surface area contributed by atoms with Gasteiger partial charge in [-0.15, -0.1) is 0 Å². The topological polar surface area (TPSA) is 93.3 Å². The minimum Gasteiger partial charge on any atom is -0.355 e. The van der Waals surface area contributed by atoms with E-state index in [1.807, 2.05) is 35.2 Å². The van der Waals surface area contributed by atoms with Gasteiger partial charge in [-0.2, -0.15) is 0 Å². The van der Waals surface area contributed by atoms with Gasteiger partial charge in [0, 0.05) is 43.9 Å². The number of nitrogens with zero attached hydrogens (tertiary/aromatic N) is 4. The quantitative estimate of drug-likeness (QED) is 0.333. The maximum absolute atomic E-state index is 12.9. The van der Waals surface area contributed by atoms with E-state index in [2.05, 4.69) is 51.4 Å². The molecule has 196 valence electrons. The highest BCUT2D eigenvalue weighted by atomic mass is 16.5. The molecular weight excluding hydrogens is 490 g/mol. The number of hydrogen-bond donors (Lipinski definition) is 1. The lowest BCUT2D eigenvalue weighted by molar-refractivity contribution is 0.0744. The van der Waals surface area contributed by atoms with E-state index in [0.29, 0.717) is 30.9 Å². The molecule has 1 N–H and O–H groups in total. The molecule has 0 spiro atoms. The molecule has 39 heavy (non-hydrogen) atoms. The number of rotatable bonds is 6. The number of likely N-dealkylation sites (tertiary alicyclic amines) is 1. The molecule has 0 bridgehead atoms. The summed E-state index contributed by atoms with van der Waals surface area (Å²) in [5.41, 5.74) is 6.29. The Morgan fingerprint density at radius 2 is 1.72 bits per heavy atom. The summed E-state index contributed by atoms with van der Waals surface area (Å²) in [6.07, 6.45) is 0.861. The molecule has 1 atom stereocenters. The number of benzene rings is 3. The Morgan fingerprint density at radius 1 is 0.974 bits per heavy atom. The number of nitrogens with one attached hydrogen (secondary N) is 1. The molecule has 1 unspecified atom stereocenters. The summed E-state index contributed by atoms with van der Waals surface area (Å²) in [6, 6.07) is 26.0. The molecule has 2 aromatic heterocycles. The van der Waals surface area contributed by atoms with E-state index >= 15 is 0 Å².